The molecule has 3 heteroatoms. The van der Waals surface area contributed by atoms with Crippen LogP contribution in [0.1, 0.15) is 45.4 Å². The van der Waals surface area contributed by atoms with Crippen molar-refractivity contribution in [2.45, 2.75) is 45.4 Å². The van der Waals surface area contributed by atoms with E-state index in [1.54, 1.807) is 0 Å². The topological polar surface area (TPSA) is 41.3 Å². The van der Waals surface area contributed by atoms with Crippen molar-refractivity contribution >= 4 is 0 Å². The van der Waals surface area contributed by atoms with Crippen molar-refractivity contribution in [2.24, 2.45) is 11.7 Å². The van der Waals surface area contributed by atoms with E-state index in [0.29, 0.717) is 0 Å². The van der Waals surface area contributed by atoms with Crippen LogP contribution in [0.4, 0.5) is 0 Å². The third kappa shape index (κ3) is 7.02. The molecule has 0 aromatic carbocycles. The van der Waals surface area contributed by atoms with E-state index in [9.17, 15) is 0 Å². The molecule has 1 aliphatic heterocycles. The van der Waals surface area contributed by atoms with Gasteiger partial charge in [0, 0.05) is 32.7 Å². The van der Waals surface area contributed by atoms with Crippen molar-refractivity contribution < 1.29 is 0 Å². The molecular weight excluding hydrogens is 210 g/mol. The van der Waals surface area contributed by atoms with Crippen molar-refractivity contribution in [1.29, 1.82) is 0 Å². The number of nitrogens with one attached hydrogen (secondary N) is 1. The summed E-state index contributed by atoms with van der Waals surface area (Å²) >= 11 is 0. The maximum absolute atomic E-state index is 5.03. The Morgan fingerprint density at radius 1 is 1.12 bits per heavy atom. The van der Waals surface area contributed by atoms with Gasteiger partial charge in [-0.1, -0.05) is 26.2 Å². The summed E-state index contributed by atoms with van der Waals surface area (Å²) in [5.41, 5.74) is 5.03. The van der Waals surface area contributed by atoms with Crippen molar-refractivity contribution in [3.63, 3.8) is 0 Å². The third-order valence-corrected chi connectivity index (χ3v) is 3.74. The van der Waals surface area contributed by atoms with Gasteiger partial charge in [-0.05, 0) is 31.7 Å². The van der Waals surface area contributed by atoms with Crippen LogP contribution in [0.3, 0.4) is 0 Å². The van der Waals surface area contributed by atoms with E-state index in [4.69, 9.17) is 5.73 Å². The van der Waals surface area contributed by atoms with Crippen LogP contribution in [0.15, 0.2) is 0 Å². The van der Waals surface area contributed by atoms with Crippen molar-refractivity contribution in [1.82, 2.24) is 10.2 Å². The lowest BCUT2D eigenvalue weighted by molar-refractivity contribution is 0.182. The standard InChI is InChI=1S/C11H22N2.C3H9N/c1-2-4-11(5-3-1)10-13-8-6-12-7-9-13;1-2-3-4/h11-12H,1-10H2;2-4H2,1H3. The third-order valence-electron chi connectivity index (χ3n) is 3.74. The summed E-state index contributed by atoms with van der Waals surface area (Å²) in [5, 5.41) is 3.41. The highest BCUT2D eigenvalue weighted by molar-refractivity contribution is 4.73. The highest BCUT2D eigenvalue weighted by Gasteiger charge is 2.17. The van der Waals surface area contributed by atoms with Crippen molar-refractivity contribution in [3.8, 4) is 0 Å². The second-order valence-electron chi connectivity index (χ2n) is 5.34. The average molecular weight is 241 g/mol. The summed E-state index contributed by atoms with van der Waals surface area (Å²) in [6.07, 6.45) is 8.53. The molecule has 0 spiro atoms. The average Bonchev–Trinajstić information content (AvgIpc) is 2.41. The van der Waals surface area contributed by atoms with E-state index < -0.39 is 0 Å². The molecule has 1 saturated heterocycles. The molecular formula is C14H31N3. The van der Waals surface area contributed by atoms with Crippen LogP contribution in [0.25, 0.3) is 0 Å². The smallest absolute Gasteiger partial charge is 0.0107 e. The fraction of sp³-hybridized carbons (Fsp3) is 1.00. The second-order valence-corrected chi connectivity index (χ2v) is 5.34. The Labute approximate surface area is 107 Å². The zero-order chi connectivity index (χ0) is 12.3. The van der Waals surface area contributed by atoms with Gasteiger partial charge in [0.1, 0.15) is 0 Å². The Morgan fingerprint density at radius 3 is 2.24 bits per heavy atom. The number of hydrogen-bond acceptors (Lipinski definition) is 3. The minimum absolute atomic E-state index is 0.819. The first-order chi connectivity index (χ1) is 8.36. The summed E-state index contributed by atoms with van der Waals surface area (Å²) in [6, 6.07) is 0. The fourth-order valence-corrected chi connectivity index (χ4v) is 2.63. The number of nitrogens with zero attached hydrogens (tertiary/aromatic N) is 1. The molecule has 17 heavy (non-hydrogen) atoms. The molecule has 3 nitrogen and oxygen atoms in total. The van der Waals surface area contributed by atoms with Gasteiger partial charge in [0.2, 0.25) is 0 Å². The van der Waals surface area contributed by atoms with Gasteiger partial charge < -0.3 is 16.0 Å². The molecule has 2 fully saturated rings. The molecule has 1 aliphatic carbocycles. The Kier molecular flexibility index (Phi) is 8.67. The first-order valence-electron chi connectivity index (χ1n) is 7.50. The molecule has 1 heterocycles. The molecule has 1 saturated carbocycles. The number of piperazine rings is 1. The summed E-state index contributed by atoms with van der Waals surface area (Å²) in [7, 11) is 0. The number of rotatable bonds is 3. The molecule has 0 unspecified atom stereocenters. The lowest BCUT2D eigenvalue weighted by atomic mass is 9.89. The lowest BCUT2D eigenvalue weighted by Crippen LogP contribution is -2.45. The van der Waals surface area contributed by atoms with Gasteiger partial charge in [0.15, 0.2) is 0 Å². The molecule has 0 bridgehead atoms. The van der Waals surface area contributed by atoms with Crippen LogP contribution < -0.4 is 11.1 Å². The Balaban J connectivity index is 0.000000317. The minimum atomic E-state index is 0.819. The SMILES string of the molecule is C1CCC(CN2CCNCC2)CC1.CCCN. The van der Waals surface area contributed by atoms with E-state index in [-0.39, 0.29) is 0 Å². The first-order valence-corrected chi connectivity index (χ1v) is 7.50. The maximum Gasteiger partial charge on any atom is 0.0107 e. The van der Waals surface area contributed by atoms with Crippen LogP contribution >= 0.6 is 0 Å². The first kappa shape index (κ1) is 14.9. The molecule has 102 valence electrons. The summed E-state index contributed by atoms with van der Waals surface area (Å²) in [6.45, 7) is 9.20. The largest absolute Gasteiger partial charge is 0.330 e. The van der Waals surface area contributed by atoms with Gasteiger partial charge in [-0.25, -0.2) is 0 Å². The molecule has 0 aromatic heterocycles. The molecule has 0 aromatic rings. The van der Waals surface area contributed by atoms with Gasteiger partial charge in [-0.3, -0.25) is 0 Å². The lowest BCUT2D eigenvalue weighted by Gasteiger charge is -2.32. The van der Waals surface area contributed by atoms with Crippen LogP contribution in [-0.2, 0) is 0 Å². The summed E-state index contributed by atoms with van der Waals surface area (Å²) in [4.78, 5) is 2.65. The fourth-order valence-electron chi connectivity index (χ4n) is 2.63. The molecule has 0 amide bonds. The van der Waals surface area contributed by atoms with Gasteiger partial charge >= 0.3 is 0 Å². The van der Waals surface area contributed by atoms with Crippen LogP contribution in [0, 0.1) is 5.92 Å². The summed E-state index contributed by atoms with van der Waals surface area (Å²) < 4.78 is 0. The van der Waals surface area contributed by atoms with Gasteiger partial charge in [0.25, 0.3) is 0 Å². The van der Waals surface area contributed by atoms with E-state index in [2.05, 4.69) is 17.1 Å². The van der Waals surface area contributed by atoms with Crippen molar-refractivity contribution in [2.75, 3.05) is 39.3 Å². The van der Waals surface area contributed by atoms with Gasteiger partial charge in [-0.2, -0.15) is 0 Å². The van der Waals surface area contributed by atoms with Gasteiger partial charge in [0.05, 0.1) is 0 Å². The van der Waals surface area contributed by atoms with E-state index in [1.165, 1.54) is 64.8 Å². The highest BCUT2D eigenvalue weighted by Crippen LogP contribution is 2.24. The highest BCUT2D eigenvalue weighted by atomic mass is 15.2. The molecule has 2 aliphatic rings. The minimum Gasteiger partial charge on any atom is -0.330 e. The van der Waals surface area contributed by atoms with E-state index in [0.717, 1.165) is 18.9 Å². The Morgan fingerprint density at radius 2 is 1.71 bits per heavy atom. The zero-order valence-electron chi connectivity index (χ0n) is 11.6. The zero-order valence-corrected chi connectivity index (χ0v) is 11.6. The number of hydrogen-bond donors (Lipinski definition) is 2. The maximum atomic E-state index is 5.03. The molecule has 0 radical (unpaired) electrons. The monoisotopic (exact) mass is 241 g/mol. The van der Waals surface area contributed by atoms with E-state index >= 15 is 0 Å². The molecule has 0 atom stereocenters. The predicted molar refractivity (Wildman–Crippen MR) is 75.2 cm³/mol. The Bertz CT molecular complexity index is 143. The van der Waals surface area contributed by atoms with Crippen LogP contribution in [-0.4, -0.2) is 44.2 Å². The predicted octanol–water partition coefficient (Wildman–Crippen LogP) is 1.83. The second kappa shape index (κ2) is 9.86. The van der Waals surface area contributed by atoms with Gasteiger partial charge in [-0.15, -0.1) is 0 Å². The molecule has 2 rings (SSSR count). The molecule has 3 N–H and O–H groups in total. The normalized spacial score (nSPS) is 22.9. The van der Waals surface area contributed by atoms with E-state index in [1.807, 2.05) is 0 Å². The summed E-state index contributed by atoms with van der Waals surface area (Å²) in [5.74, 6) is 1.02. The van der Waals surface area contributed by atoms with Crippen LogP contribution in [0.5, 0.6) is 0 Å². The van der Waals surface area contributed by atoms with Crippen LogP contribution in [0.2, 0.25) is 0 Å². The quantitative estimate of drug-likeness (QED) is 0.792. The number of nitrogens with two attached hydrogens (primary N) is 1. The Hall–Kier alpha value is -0.120. The van der Waals surface area contributed by atoms with Crippen molar-refractivity contribution in [3.05, 3.63) is 0 Å².